The van der Waals surface area contributed by atoms with Gasteiger partial charge in [0.2, 0.25) is 5.91 Å². The third-order valence-corrected chi connectivity index (χ3v) is 7.27. The molecule has 3 aromatic rings. The van der Waals surface area contributed by atoms with Crippen LogP contribution in [0.25, 0.3) is 10.8 Å². The molecule has 176 valence electrons. The number of benzene rings is 2. The molecule has 2 saturated carbocycles. The molecule has 8 heteroatoms. The van der Waals surface area contributed by atoms with Crippen LogP contribution in [-0.2, 0) is 17.9 Å². The van der Waals surface area contributed by atoms with Gasteiger partial charge in [-0.2, -0.15) is 5.10 Å². The summed E-state index contributed by atoms with van der Waals surface area (Å²) in [6.45, 7) is 0.162. The first-order valence-corrected chi connectivity index (χ1v) is 11.8. The molecule has 2 bridgehead atoms. The van der Waals surface area contributed by atoms with Crippen molar-refractivity contribution in [1.29, 1.82) is 0 Å². The van der Waals surface area contributed by atoms with Crippen LogP contribution in [-0.4, -0.2) is 31.9 Å². The highest BCUT2D eigenvalue weighted by atomic mass is 16.4. The zero-order chi connectivity index (χ0) is 23.7. The number of hydrogen-bond acceptors (Lipinski definition) is 4. The lowest BCUT2D eigenvalue weighted by atomic mass is 9.86. The molecule has 2 fully saturated rings. The topological polar surface area (TPSA) is 105 Å². The highest BCUT2D eigenvalue weighted by Crippen LogP contribution is 2.49. The van der Waals surface area contributed by atoms with Gasteiger partial charge in [-0.15, -0.1) is 4.79 Å². The molecule has 2 aromatic carbocycles. The monoisotopic (exact) mass is 460 g/mol. The maximum absolute atomic E-state index is 13.0. The highest BCUT2D eigenvalue weighted by molar-refractivity contribution is 5.86. The number of nitrogens with zero attached hydrogens (tertiary/aromatic N) is 3. The Morgan fingerprint density at radius 2 is 1.74 bits per heavy atom. The molecule has 0 spiro atoms. The average molecular weight is 461 g/mol. The first-order valence-electron chi connectivity index (χ1n) is 11.8. The summed E-state index contributed by atoms with van der Waals surface area (Å²) in [5.74, 6) is 1.48. The van der Waals surface area contributed by atoms with E-state index in [1.165, 1.54) is 24.2 Å². The van der Waals surface area contributed by atoms with Crippen LogP contribution in [0.2, 0.25) is 0 Å². The standard InChI is InChI=1S/C26H28N4O4/c31-24(14-20-13-18-10-11-19(20)12-18)28-30-25(32)22-9-5-4-8-21(22)23(27-30)16-29(26(33)34)15-17-6-2-1-3-7-17/h1-9,18-20H,10-16H2,(H,28,31)(H,33,34). The van der Waals surface area contributed by atoms with E-state index in [-0.39, 0.29) is 19.0 Å². The van der Waals surface area contributed by atoms with Gasteiger partial charge >= 0.3 is 6.09 Å². The molecular weight excluding hydrogens is 432 g/mol. The number of carbonyl (C=O) groups excluding carboxylic acids is 1. The van der Waals surface area contributed by atoms with Crippen molar-refractivity contribution in [3.63, 3.8) is 0 Å². The molecule has 0 saturated heterocycles. The number of carboxylic acid groups (broad SMARTS) is 1. The Balaban J connectivity index is 1.41. The molecule has 0 radical (unpaired) electrons. The Labute approximate surface area is 197 Å². The molecule has 0 aliphatic heterocycles. The van der Waals surface area contributed by atoms with Gasteiger partial charge in [0.1, 0.15) is 0 Å². The van der Waals surface area contributed by atoms with Crippen LogP contribution in [0.4, 0.5) is 4.79 Å². The predicted octanol–water partition coefficient (Wildman–Crippen LogP) is 3.97. The molecule has 3 unspecified atom stereocenters. The van der Waals surface area contributed by atoms with Crippen LogP contribution in [0.5, 0.6) is 0 Å². The Morgan fingerprint density at radius 1 is 1.00 bits per heavy atom. The van der Waals surface area contributed by atoms with E-state index in [9.17, 15) is 19.5 Å². The minimum Gasteiger partial charge on any atom is -0.465 e. The Morgan fingerprint density at radius 3 is 2.41 bits per heavy atom. The number of aromatic nitrogens is 2. The van der Waals surface area contributed by atoms with Gasteiger partial charge in [0.25, 0.3) is 5.56 Å². The van der Waals surface area contributed by atoms with Crippen LogP contribution in [0.3, 0.4) is 0 Å². The van der Waals surface area contributed by atoms with Gasteiger partial charge in [-0.25, -0.2) is 10.2 Å². The molecule has 2 amide bonds. The van der Waals surface area contributed by atoms with E-state index in [0.717, 1.165) is 22.7 Å². The fraction of sp³-hybridized carbons (Fsp3) is 0.385. The zero-order valence-electron chi connectivity index (χ0n) is 18.9. The molecule has 1 heterocycles. The maximum Gasteiger partial charge on any atom is 0.407 e. The summed E-state index contributed by atoms with van der Waals surface area (Å²) >= 11 is 0. The van der Waals surface area contributed by atoms with Gasteiger partial charge in [-0.3, -0.25) is 14.5 Å². The van der Waals surface area contributed by atoms with E-state index in [2.05, 4.69) is 10.5 Å². The van der Waals surface area contributed by atoms with Crippen molar-refractivity contribution in [1.82, 2.24) is 14.8 Å². The molecule has 2 aliphatic rings. The van der Waals surface area contributed by atoms with Crippen LogP contribution in [0, 0.1) is 17.8 Å². The fourth-order valence-corrected chi connectivity index (χ4v) is 5.65. The normalized spacial score (nSPS) is 21.0. The predicted molar refractivity (Wildman–Crippen MR) is 128 cm³/mol. The third kappa shape index (κ3) is 4.53. The summed E-state index contributed by atoms with van der Waals surface area (Å²) in [6.07, 6.45) is 4.04. The van der Waals surface area contributed by atoms with E-state index in [1.54, 1.807) is 24.3 Å². The molecule has 2 N–H and O–H groups in total. The summed E-state index contributed by atoms with van der Waals surface area (Å²) in [5.41, 5.74) is 3.50. The van der Waals surface area contributed by atoms with Crippen LogP contribution >= 0.6 is 0 Å². The van der Waals surface area contributed by atoms with Crippen LogP contribution < -0.4 is 11.0 Å². The van der Waals surface area contributed by atoms with Gasteiger partial charge in [-0.1, -0.05) is 55.0 Å². The second-order valence-electron chi connectivity index (χ2n) is 9.51. The molecule has 34 heavy (non-hydrogen) atoms. The Bertz CT molecular complexity index is 1270. The largest absolute Gasteiger partial charge is 0.465 e. The van der Waals surface area contributed by atoms with Crippen molar-refractivity contribution in [3.8, 4) is 0 Å². The fourth-order valence-electron chi connectivity index (χ4n) is 5.65. The van der Waals surface area contributed by atoms with Gasteiger partial charge in [0.15, 0.2) is 0 Å². The van der Waals surface area contributed by atoms with Crippen molar-refractivity contribution >= 4 is 22.8 Å². The lowest BCUT2D eigenvalue weighted by Gasteiger charge is -2.22. The number of fused-ring (bicyclic) bond motifs is 3. The number of nitrogens with one attached hydrogen (secondary N) is 1. The summed E-state index contributed by atoms with van der Waals surface area (Å²) in [7, 11) is 0. The van der Waals surface area contributed by atoms with E-state index in [1.807, 2.05) is 30.3 Å². The molecule has 1 aromatic heterocycles. The number of hydrogen-bond donors (Lipinski definition) is 2. The summed E-state index contributed by atoms with van der Waals surface area (Å²) in [6, 6.07) is 16.3. The van der Waals surface area contributed by atoms with Crippen molar-refractivity contribution in [2.45, 2.75) is 45.2 Å². The van der Waals surface area contributed by atoms with Gasteiger partial charge < -0.3 is 5.11 Å². The minimum absolute atomic E-state index is 0.0206. The number of rotatable bonds is 7. The highest BCUT2D eigenvalue weighted by Gasteiger charge is 2.40. The maximum atomic E-state index is 13.0. The number of amides is 2. The van der Waals surface area contributed by atoms with E-state index < -0.39 is 11.7 Å². The molecule has 8 nitrogen and oxygen atoms in total. The quantitative estimate of drug-likeness (QED) is 0.555. The molecule has 2 aliphatic carbocycles. The smallest absolute Gasteiger partial charge is 0.407 e. The van der Waals surface area contributed by atoms with Crippen molar-refractivity contribution in [2.75, 3.05) is 5.43 Å². The first-order chi connectivity index (χ1) is 16.5. The lowest BCUT2D eigenvalue weighted by Crippen LogP contribution is -2.38. The first kappa shape index (κ1) is 22.1. The van der Waals surface area contributed by atoms with Gasteiger partial charge in [-0.05, 0) is 48.6 Å². The molecule has 3 atom stereocenters. The Hall–Kier alpha value is -3.68. The SMILES string of the molecule is O=C(CC1CC2CCC1C2)Nn1nc(CN(Cc2ccccc2)C(=O)O)c2ccccc2c1=O. The van der Waals surface area contributed by atoms with Crippen LogP contribution in [0.15, 0.2) is 59.4 Å². The van der Waals surface area contributed by atoms with Crippen molar-refractivity contribution < 1.29 is 14.7 Å². The summed E-state index contributed by atoms with van der Waals surface area (Å²) < 4.78 is 0. The van der Waals surface area contributed by atoms with E-state index in [0.29, 0.717) is 34.7 Å². The minimum atomic E-state index is -1.09. The van der Waals surface area contributed by atoms with E-state index in [4.69, 9.17) is 0 Å². The van der Waals surface area contributed by atoms with E-state index >= 15 is 0 Å². The zero-order valence-corrected chi connectivity index (χ0v) is 18.9. The van der Waals surface area contributed by atoms with Gasteiger partial charge in [0, 0.05) is 18.4 Å². The second kappa shape index (κ2) is 9.29. The lowest BCUT2D eigenvalue weighted by molar-refractivity contribution is -0.118. The summed E-state index contributed by atoms with van der Waals surface area (Å²) in [5, 5.41) is 15.2. The van der Waals surface area contributed by atoms with Crippen molar-refractivity contribution in [2.24, 2.45) is 17.8 Å². The van der Waals surface area contributed by atoms with Crippen molar-refractivity contribution in [3.05, 3.63) is 76.2 Å². The van der Waals surface area contributed by atoms with Crippen LogP contribution in [0.1, 0.15) is 43.4 Å². The third-order valence-electron chi connectivity index (χ3n) is 7.27. The second-order valence-corrected chi connectivity index (χ2v) is 9.51. The molecular formula is C26H28N4O4. The molecule has 5 rings (SSSR count). The Kier molecular flexibility index (Phi) is 6.04. The van der Waals surface area contributed by atoms with Gasteiger partial charge in [0.05, 0.1) is 17.6 Å². The summed E-state index contributed by atoms with van der Waals surface area (Å²) in [4.78, 5) is 40.1. The number of carbonyl (C=O) groups is 2. The average Bonchev–Trinajstić information content (AvgIpc) is 3.45.